The molecule has 9 heteroatoms. The van der Waals surface area contributed by atoms with E-state index in [0.717, 1.165) is 14.9 Å². The highest BCUT2D eigenvalue weighted by Gasteiger charge is 2.20. The van der Waals surface area contributed by atoms with Crippen LogP contribution in [-0.2, 0) is 11.3 Å². The summed E-state index contributed by atoms with van der Waals surface area (Å²) in [5.41, 5.74) is 0.903. The van der Waals surface area contributed by atoms with Gasteiger partial charge in [-0.15, -0.1) is 21.5 Å². The monoisotopic (exact) mass is 444 g/mol. The lowest BCUT2D eigenvalue weighted by atomic mass is 10.3. The summed E-state index contributed by atoms with van der Waals surface area (Å²) in [5, 5.41) is 9.21. The van der Waals surface area contributed by atoms with E-state index in [2.05, 4.69) is 10.2 Å². The molecule has 0 aliphatic heterocycles. The van der Waals surface area contributed by atoms with Crippen LogP contribution in [0.2, 0.25) is 4.34 Å². The average molecular weight is 445 g/mol. The van der Waals surface area contributed by atoms with Crippen molar-refractivity contribution in [1.82, 2.24) is 19.7 Å². The van der Waals surface area contributed by atoms with Crippen molar-refractivity contribution in [1.29, 1.82) is 0 Å². The first-order valence-electron chi connectivity index (χ1n) is 8.77. The molecule has 0 unspecified atom stereocenters. The van der Waals surface area contributed by atoms with Crippen molar-refractivity contribution in [3.63, 3.8) is 0 Å². The van der Waals surface area contributed by atoms with Crippen LogP contribution in [0.1, 0.15) is 4.88 Å². The summed E-state index contributed by atoms with van der Waals surface area (Å²) >= 11 is 8.79. The Hall–Kier alpha value is -2.55. The summed E-state index contributed by atoms with van der Waals surface area (Å²) in [5.74, 6) is 1.46. The first kappa shape index (κ1) is 19.8. The van der Waals surface area contributed by atoms with Crippen LogP contribution >= 0.6 is 34.7 Å². The third kappa shape index (κ3) is 4.55. The third-order valence-electron chi connectivity index (χ3n) is 4.16. The number of para-hydroxylation sites is 1. The van der Waals surface area contributed by atoms with Crippen LogP contribution in [0.5, 0.6) is 0 Å². The molecular weight excluding hydrogens is 428 g/mol. The summed E-state index contributed by atoms with van der Waals surface area (Å²) in [6.07, 6.45) is 1.60. The summed E-state index contributed by atoms with van der Waals surface area (Å²) in [7, 11) is 1.78. The van der Waals surface area contributed by atoms with E-state index >= 15 is 0 Å². The van der Waals surface area contributed by atoms with Gasteiger partial charge in [0.2, 0.25) is 11.7 Å². The van der Waals surface area contributed by atoms with E-state index in [0.29, 0.717) is 23.3 Å². The number of aromatic nitrogens is 3. The molecule has 0 aliphatic rings. The number of thiophene rings is 1. The minimum Gasteiger partial charge on any atom is -0.461 e. The average Bonchev–Trinajstić information content (AvgIpc) is 3.47. The lowest BCUT2D eigenvalue weighted by molar-refractivity contribution is -0.127. The molecule has 0 bridgehead atoms. The van der Waals surface area contributed by atoms with Gasteiger partial charge in [0.25, 0.3) is 0 Å². The number of hydrogen-bond donors (Lipinski definition) is 0. The standard InChI is InChI=1S/C20H17ClN4O2S2/c1-24(12-15-9-10-17(21)29-15)18(26)13-28-20-23-22-19(16-8-5-11-27-16)25(20)14-6-3-2-4-7-14/h2-11H,12-13H2,1H3. The van der Waals surface area contributed by atoms with Gasteiger partial charge in [-0.05, 0) is 36.4 Å². The summed E-state index contributed by atoms with van der Waals surface area (Å²) in [6.45, 7) is 0.528. The molecule has 0 atom stereocenters. The highest BCUT2D eigenvalue weighted by atomic mass is 35.5. The number of nitrogens with zero attached hydrogens (tertiary/aromatic N) is 4. The first-order chi connectivity index (χ1) is 14.1. The van der Waals surface area contributed by atoms with Gasteiger partial charge in [-0.1, -0.05) is 41.6 Å². The van der Waals surface area contributed by atoms with E-state index in [-0.39, 0.29) is 11.7 Å². The lowest BCUT2D eigenvalue weighted by Gasteiger charge is -2.16. The molecule has 0 spiro atoms. The number of furan rings is 1. The maximum Gasteiger partial charge on any atom is 0.233 e. The second-order valence-corrected chi connectivity index (χ2v) is 8.94. The second kappa shape index (κ2) is 8.86. The van der Waals surface area contributed by atoms with Gasteiger partial charge in [-0.3, -0.25) is 9.36 Å². The van der Waals surface area contributed by atoms with Crippen LogP contribution in [0, 0.1) is 0 Å². The molecule has 0 saturated heterocycles. The van der Waals surface area contributed by atoms with Gasteiger partial charge >= 0.3 is 0 Å². The van der Waals surface area contributed by atoms with Crippen molar-refractivity contribution in [2.24, 2.45) is 0 Å². The fourth-order valence-electron chi connectivity index (χ4n) is 2.73. The van der Waals surface area contributed by atoms with Crippen LogP contribution in [0.3, 0.4) is 0 Å². The number of benzene rings is 1. The zero-order valence-corrected chi connectivity index (χ0v) is 17.9. The Bertz CT molecular complexity index is 1090. The summed E-state index contributed by atoms with van der Waals surface area (Å²) in [4.78, 5) is 15.3. The van der Waals surface area contributed by atoms with Crippen molar-refractivity contribution >= 4 is 40.6 Å². The molecule has 0 fully saturated rings. The molecule has 6 nitrogen and oxygen atoms in total. The molecule has 0 radical (unpaired) electrons. The molecule has 4 aromatic rings. The Morgan fingerprint density at radius 3 is 2.69 bits per heavy atom. The zero-order valence-electron chi connectivity index (χ0n) is 15.5. The first-order valence-corrected chi connectivity index (χ1v) is 11.0. The molecule has 4 rings (SSSR count). The molecule has 148 valence electrons. The molecule has 29 heavy (non-hydrogen) atoms. The lowest BCUT2D eigenvalue weighted by Crippen LogP contribution is -2.27. The largest absolute Gasteiger partial charge is 0.461 e. The van der Waals surface area contributed by atoms with E-state index in [4.69, 9.17) is 16.0 Å². The number of amides is 1. The van der Waals surface area contributed by atoms with Crippen LogP contribution < -0.4 is 0 Å². The van der Waals surface area contributed by atoms with Gasteiger partial charge in [-0.2, -0.15) is 0 Å². The normalized spacial score (nSPS) is 11.0. The predicted molar refractivity (Wildman–Crippen MR) is 116 cm³/mol. The molecule has 1 aromatic carbocycles. The number of hydrogen-bond acceptors (Lipinski definition) is 6. The van der Waals surface area contributed by atoms with Gasteiger partial charge in [0.15, 0.2) is 10.9 Å². The molecule has 3 heterocycles. The van der Waals surface area contributed by atoms with Crippen molar-refractivity contribution < 1.29 is 9.21 Å². The molecular formula is C20H17ClN4O2S2. The minimum absolute atomic E-state index is 0.00156. The van der Waals surface area contributed by atoms with Gasteiger partial charge < -0.3 is 9.32 Å². The second-order valence-electron chi connectivity index (χ2n) is 6.20. The fraction of sp³-hybridized carbons (Fsp3) is 0.150. The van der Waals surface area contributed by atoms with Crippen LogP contribution in [0.15, 0.2) is 70.4 Å². The summed E-state index contributed by atoms with van der Waals surface area (Å²) in [6, 6.07) is 17.2. The maximum atomic E-state index is 12.6. The Labute approximate surface area is 181 Å². The Morgan fingerprint density at radius 2 is 2.00 bits per heavy atom. The number of carbonyl (C=O) groups is 1. The SMILES string of the molecule is CN(Cc1ccc(Cl)s1)C(=O)CSc1nnc(-c2ccco2)n1-c1ccccc1. The van der Waals surface area contributed by atoms with Gasteiger partial charge in [0, 0.05) is 17.6 Å². The van der Waals surface area contributed by atoms with Gasteiger partial charge in [0.1, 0.15) is 0 Å². The van der Waals surface area contributed by atoms with E-state index < -0.39 is 0 Å². The third-order valence-corrected chi connectivity index (χ3v) is 6.29. The number of thioether (sulfide) groups is 1. The minimum atomic E-state index is 0.00156. The number of rotatable bonds is 7. The number of halogens is 1. The number of carbonyl (C=O) groups excluding carboxylic acids is 1. The van der Waals surface area contributed by atoms with Crippen molar-refractivity contribution in [2.45, 2.75) is 11.7 Å². The summed E-state index contributed by atoms with van der Waals surface area (Å²) < 4.78 is 8.13. The predicted octanol–water partition coefficient (Wildman–Crippen LogP) is 4.99. The van der Waals surface area contributed by atoms with E-state index in [1.165, 1.54) is 23.1 Å². The Kier molecular flexibility index (Phi) is 6.03. The smallest absolute Gasteiger partial charge is 0.233 e. The Morgan fingerprint density at radius 1 is 1.17 bits per heavy atom. The van der Waals surface area contributed by atoms with E-state index in [1.54, 1.807) is 18.2 Å². The molecule has 0 aliphatic carbocycles. The quantitative estimate of drug-likeness (QED) is 0.375. The van der Waals surface area contributed by atoms with Gasteiger partial charge in [-0.25, -0.2) is 0 Å². The molecule has 0 N–H and O–H groups in total. The molecule has 1 amide bonds. The zero-order chi connectivity index (χ0) is 20.2. The van der Waals surface area contributed by atoms with Crippen LogP contribution in [0.4, 0.5) is 0 Å². The van der Waals surface area contributed by atoms with Crippen molar-refractivity contribution in [3.8, 4) is 17.3 Å². The van der Waals surface area contributed by atoms with Crippen molar-refractivity contribution in [2.75, 3.05) is 12.8 Å². The van der Waals surface area contributed by atoms with E-state index in [9.17, 15) is 4.79 Å². The van der Waals surface area contributed by atoms with Crippen LogP contribution in [-0.4, -0.2) is 38.4 Å². The van der Waals surface area contributed by atoms with Gasteiger partial charge in [0.05, 0.1) is 22.9 Å². The Balaban J connectivity index is 1.52. The van der Waals surface area contributed by atoms with E-state index in [1.807, 2.05) is 59.2 Å². The highest BCUT2D eigenvalue weighted by molar-refractivity contribution is 7.99. The van der Waals surface area contributed by atoms with Crippen LogP contribution in [0.25, 0.3) is 17.3 Å². The highest BCUT2D eigenvalue weighted by Crippen LogP contribution is 2.28. The topological polar surface area (TPSA) is 64.2 Å². The fourth-order valence-corrected chi connectivity index (χ4v) is 4.77. The molecule has 3 aromatic heterocycles. The van der Waals surface area contributed by atoms with Crippen molar-refractivity contribution in [3.05, 3.63) is 70.1 Å². The maximum absolute atomic E-state index is 12.6. The molecule has 0 saturated carbocycles.